The highest BCUT2D eigenvalue weighted by Crippen LogP contribution is 2.15. The molecule has 1 aromatic rings. The average Bonchev–Trinajstić information content (AvgIpc) is 2.30. The number of aryl methyl sites for hydroxylation is 1. The number of anilines is 1. The van der Waals surface area contributed by atoms with Crippen LogP contribution in [-0.4, -0.2) is 30.1 Å². The van der Waals surface area contributed by atoms with Gasteiger partial charge in [0.25, 0.3) is 0 Å². The molecule has 1 aromatic carbocycles. The first-order valence-electron chi connectivity index (χ1n) is 5.01. The lowest BCUT2D eigenvalue weighted by Gasteiger charge is -2.08. The molecule has 2 amide bonds. The third-order valence-electron chi connectivity index (χ3n) is 2.05. The van der Waals surface area contributed by atoms with Crippen LogP contribution in [-0.2, 0) is 9.59 Å². The predicted molar refractivity (Wildman–Crippen MR) is 59.9 cm³/mol. The minimum absolute atomic E-state index is 0.00557. The molecular formula is C11H13FN2O3. The van der Waals surface area contributed by atoms with Crippen LogP contribution < -0.4 is 10.6 Å². The largest absolute Gasteiger partial charge is 0.395 e. The zero-order chi connectivity index (χ0) is 12.8. The molecular weight excluding hydrogens is 227 g/mol. The predicted octanol–water partition coefficient (Wildman–Crippen LogP) is 0.181. The number of carbonyl (C=O) groups excluding carboxylic acids is 2. The molecule has 0 atom stereocenters. The molecule has 0 heterocycles. The van der Waals surface area contributed by atoms with Crippen LogP contribution in [0.5, 0.6) is 0 Å². The van der Waals surface area contributed by atoms with Crippen LogP contribution in [0.3, 0.4) is 0 Å². The SMILES string of the molecule is Cc1ccc(F)cc1NC(=O)C(=O)NCCO. The van der Waals surface area contributed by atoms with Crippen molar-refractivity contribution in [3.8, 4) is 0 Å². The van der Waals surface area contributed by atoms with E-state index in [2.05, 4.69) is 10.6 Å². The van der Waals surface area contributed by atoms with E-state index in [0.29, 0.717) is 5.56 Å². The van der Waals surface area contributed by atoms with E-state index in [-0.39, 0.29) is 18.8 Å². The Balaban J connectivity index is 2.67. The summed E-state index contributed by atoms with van der Waals surface area (Å²) < 4.78 is 12.9. The van der Waals surface area contributed by atoms with Crippen molar-refractivity contribution < 1.29 is 19.1 Å². The molecule has 6 heteroatoms. The number of rotatable bonds is 3. The van der Waals surface area contributed by atoms with E-state index < -0.39 is 17.6 Å². The number of benzene rings is 1. The minimum Gasteiger partial charge on any atom is -0.395 e. The average molecular weight is 240 g/mol. The fourth-order valence-electron chi connectivity index (χ4n) is 1.16. The quantitative estimate of drug-likeness (QED) is 0.659. The maximum atomic E-state index is 12.9. The van der Waals surface area contributed by atoms with Crippen molar-refractivity contribution in [2.24, 2.45) is 0 Å². The molecule has 0 aliphatic rings. The Labute approximate surface area is 97.6 Å². The lowest BCUT2D eigenvalue weighted by molar-refractivity contribution is -0.136. The maximum Gasteiger partial charge on any atom is 0.313 e. The molecule has 0 spiro atoms. The Hall–Kier alpha value is -1.95. The van der Waals surface area contributed by atoms with Crippen molar-refractivity contribution in [3.05, 3.63) is 29.6 Å². The molecule has 0 aromatic heterocycles. The number of aliphatic hydroxyl groups excluding tert-OH is 1. The van der Waals surface area contributed by atoms with Gasteiger partial charge in [0.05, 0.1) is 6.61 Å². The Kier molecular flexibility index (Phi) is 4.59. The first kappa shape index (κ1) is 13.1. The second-order valence-electron chi connectivity index (χ2n) is 3.39. The van der Waals surface area contributed by atoms with Crippen molar-refractivity contribution in [1.82, 2.24) is 5.32 Å². The van der Waals surface area contributed by atoms with Gasteiger partial charge in [-0.15, -0.1) is 0 Å². The molecule has 0 unspecified atom stereocenters. The van der Waals surface area contributed by atoms with Gasteiger partial charge in [-0.1, -0.05) is 6.07 Å². The Bertz CT molecular complexity index is 435. The molecule has 1 rings (SSSR count). The van der Waals surface area contributed by atoms with Crippen LogP contribution >= 0.6 is 0 Å². The zero-order valence-corrected chi connectivity index (χ0v) is 9.29. The van der Waals surface area contributed by atoms with Crippen LogP contribution in [0.15, 0.2) is 18.2 Å². The summed E-state index contributed by atoms with van der Waals surface area (Å²) in [5.74, 6) is -2.27. The molecule has 3 N–H and O–H groups in total. The summed E-state index contributed by atoms with van der Waals surface area (Å²) in [6.07, 6.45) is 0. The van der Waals surface area contributed by atoms with Crippen LogP contribution in [0.1, 0.15) is 5.56 Å². The molecule has 0 saturated heterocycles. The van der Waals surface area contributed by atoms with Gasteiger partial charge in [0, 0.05) is 12.2 Å². The van der Waals surface area contributed by atoms with Crippen molar-refractivity contribution in [2.45, 2.75) is 6.92 Å². The molecule has 0 bridgehead atoms. The number of amides is 2. The van der Waals surface area contributed by atoms with Gasteiger partial charge in [0.15, 0.2) is 0 Å². The number of nitrogens with one attached hydrogen (secondary N) is 2. The first-order valence-corrected chi connectivity index (χ1v) is 5.01. The fourth-order valence-corrected chi connectivity index (χ4v) is 1.16. The van der Waals surface area contributed by atoms with E-state index in [4.69, 9.17) is 5.11 Å². The van der Waals surface area contributed by atoms with Gasteiger partial charge in [0.2, 0.25) is 0 Å². The van der Waals surface area contributed by atoms with Crippen LogP contribution in [0.4, 0.5) is 10.1 Å². The topological polar surface area (TPSA) is 78.4 Å². The highest BCUT2D eigenvalue weighted by molar-refractivity contribution is 6.39. The Morgan fingerprint density at radius 1 is 1.35 bits per heavy atom. The minimum atomic E-state index is -0.896. The molecule has 92 valence electrons. The molecule has 0 aliphatic heterocycles. The van der Waals surface area contributed by atoms with Gasteiger partial charge in [-0.2, -0.15) is 0 Å². The van der Waals surface area contributed by atoms with Crippen molar-refractivity contribution in [2.75, 3.05) is 18.5 Å². The van der Waals surface area contributed by atoms with Gasteiger partial charge in [-0.3, -0.25) is 9.59 Å². The van der Waals surface area contributed by atoms with E-state index in [1.165, 1.54) is 12.1 Å². The van der Waals surface area contributed by atoms with Crippen molar-refractivity contribution >= 4 is 17.5 Å². The van der Waals surface area contributed by atoms with E-state index in [0.717, 1.165) is 6.07 Å². The summed E-state index contributed by atoms with van der Waals surface area (Å²) in [4.78, 5) is 22.5. The Morgan fingerprint density at radius 3 is 2.71 bits per heavy atom. The van der Waals surface area contributed by atoms with Crippen LogP contribution in [0.2, 0.25) is 0 Å². The molecule has 5 nitrogen and oxygen atoms in total. The van der Waals surface area contributed by atoms with E-state index in [9.17, 15) is 14.0 Å². The highest BCUT2D eigenvalue weighted by atomic mass is 19.1. The molecule has 0 saturated carbocycles. The number of hydrogen-bond donors (Lipinski definition) is 3. The van der Waals surface area contributed by atoms with E-state index >= 15 is 0 Å². The van der Waals surface area contributed by atoms with Crippen molar-refractivity contribution in [1.29, 1.82) is 0 Å². The normalized spacial score (nSPS) is 9.82. The Morgan fingerprint density at radius 2 is 2.06 bits per heavy atom. The molecule has 17 heavy (non-hydrogen) atoms. The second kappa shape index (κ2) is 5.95. The lowest BCUT2D eigenvalue weighted by Crippen LogP contribution is -2.37. The molecule has 0 aliphatic carbocycles. The summed E-state index contributed by atoms with van der Waals surface area (Å²) in [6, 6.07) is 3.89. The van der Waals surface area contributed by atoms with Crippen LogP contribution in [0.25, 0.3) is 0 Å². The van der Waals surface area contributed by atoms with Crippen molar-refractivity contribution in [3.63, 3.8) is 0 Å². The maximum absolute atomic E-state index is 12.9. The standard InChI is InChI=1S/C11H13FN2O3/c1-7-2-3-8(12)6-9(7)14-11(17)10(16)13-4-5-15/h2-3,6,15H,4-5H2,1H3,(H,13,16)(H,14,17). The summed E-state index contributed by atoms with van der Waals surface area (Å²) in [6.45, 7) is 1.42. The summed E-state index contributed by atoms with van der Waals surface area (Å²) in [5.41, 5.74) is 0.892. The van der Waals surface area contributed by atoms with Gasteiger partial charge in [0.1, 0.15) is 5.82 Å². The van der Waals surface area contributed by atoms with Gasteiger partial charge < -0.3 is 15.7 Å². The highest BCUT2D eigenvalue weighted by Gasteiger charge is 2.14. The lowest BCUT2D eigenvalue weighted by atomic mass is 10.2. The number of carbonyl (C=O) groups is 2. The molecule has 0 fully saturated rings. The third-order valence-corrected chi connectivity index (χ3v) is 2.05. The number of hydrogen-bond acceptors (Lipinski definition) is 3. The number of aliphatic hydroxyl groups is 1. The zero-order valence-electron chi connectivity index (χ0n) is 9.29. The second-order valence-corrected chi connectivity index (χ2v) is 3.39. The number of halogens is 1. The summed E-state index contributed by atoms with van der Waals surface area (Å²) in [7, 11) is 0. The van der Waals surface area contributed by atoms with Gasteiger partial charge in [-0.25, -0.2) is 4.39 Å². The smallest absolute Gasteiger partial charge is 0.313 e. The van der Waals surface area contributed by atoms with E-state index in [1.54, 1.807) is 6.92 Å². The summed E-state index contributed by atoms with van der Waals surface area (Å²) in [5, 5.41) is 12.9. The summed E-state index contributed by atoms with van der Waals surface area (Å²) >= 11 is 0. The van der Waals surface area contributed by atoms with Gasteiger partial charge in [-0.05, 0) is 24.6 Å². The fraction of sp³-hybridized carbons (Fsp3) is 0.273. The first-order chi connectivity index (χ1) is 8.04. The van der Waals surface area contributed by atoms with E-state index in [1.807, 2.05) is 0 Å². The van der Waals surface area contributed by atoms with Gasteiger partial charge >= 0.3 is 11.8 Å². The monoisotopic (exact) mass is 240 g/mol. The van der Waals surface area contributed by atoms with Crippen LogP contribution in [0, 0.1) is 12.7 Å². The molecule has 0 radical (unpaired) electrons. The third kappa shape index (κ3) is 3.84.